The van der Waals surface area contributed by atoms with E-state index in [0.29, 0.717) is 38.8 Å². The van der Waals surface area contributed by atoms with Gasteiger partial charge in [-0.1, -0.05) is 13.3 Å². The van der Waals surface area contributed by atoms with Gasteiger partial charge in [-0.25, -0.2) is 0 Å². The van der Waals surface area contributed by atoms with E-state index in [-0.39, 0.29) is 12.0 Å². The van der Waals surface area contributed by atoms with Crippen LogP contribution in [0.15, 0.2) is 0 Å². The molecule has 1 unspecified atom stereocenters. The van der Waals surface area contributed by atoms with Crippen LogP contribution in [0.1, 0.15) is 51.9 Å². The molecular formula is C15H25NO4. The van der Waals surface area contributed by atoms with Crippen LogP contribution in [0.3, 0.4) is 0 Å². The van der Waals surface area contributed by atoms with Crippen LogP contribution >= 0.6 is 0 Å². The van der Waals surface area contributed by atoms with Crippen LogP contribution in [0.25, 0.3) is 0 Å². The molecule has 0 radical (unpaired) electrons. The quantitative estimate of drug-likeness (QED) is 0.838. The van der Waals surface area contributed by atoms with Crippen molar-refractivity contribution in [3.63, 3.8) is 0 Å². The number of carboxylic acid groups (broad SMARTS) is 1. The highest BCUT2D eigenvalue weighted by Gasteiger charge is 2.41. The number of nitrogens with zero attached hydrogens (tertiary/aromatic N) is 1. The first-order valence-corrected chi connectivity index (χ1v) is 7.70. The second kappa shape index (κ2) is 6.57. The third-order valence-corrected chi connectivity index (χ3v) is 4.68. The molecule has 2 heterocycles. The second-order valence-corrected chi connectivity index (χ2v) is 6.06. The van der Waals surface area contributed by atoms with Crippen molar-refractivity contribution in [3.8, 4) is 0 Å². The highest BCUT2D eigenvalue weighted by atomic mass is 16.5. The highest BCUT2D eigenvalue weighted by Crippen LogP contribution is 2.36. The minimum atomic E-state index is -0.703. The lowest BCUT2D eigenvalue weighted by Crippen LogP contribution is -2.47. The molecule has 2 aliphatic rings. The molecule has 20 heavy (non-hydrogen) atoms. The van der Waals surface area contributed by atoms with Gasteiger partial charge in [-0.3, -0.25) is 9.59 Å². The zero-order valence-electron chi connectivity index (χ0n) is 12.3. The van der Waals surface area contributed by atoms with E-state index in [2.05, 4.69) is 0 Å². The van der Waals surface area contributed by atoms with Crippen LogP contribution in [-0.4, -0.2) is 47.7 Å². The summed E-state index contributed by atoms with van der Waals surface area (Å²) in [5.74, 6) is -0.585. The lowest BCUT2D eigenvalue weighted by Gasteiger charge is -2.39. The van der Waals surface area contributed by atoms with Gasteiger partial charge in [-0.2, -0.15) is 0 Å². The van der Waals surface area contributed by atoms with E-state index in [1.165, 1.54) is 0 Å². The third-order valence-electron chi connectivity index (χ3n) is 4.68. The Hall–Kier alpha value is -1.10. The van der Waals surface area contributed by atoms with Gasteiger partial charge in [0.2, 0.25) is 5.91 Å². The van der Waals surface area contributed by atoms with Gasteiger partial charge in [0, 0.05) is 19.7 Å². The van der Waals surface area contributed by atoms with Gasteiger partial charge in [0.15, 0.2) is 0 Å². The maximum Gasteiger partial charge on any atom is 0.309 e. The molecule has 5 heteroatoms. The number of hydrogen-bond acceptors (Lipinski definition) is 3. The first-order valence-electron chi connectivity index (χ1n) is 7.70. The van der Waals surface area contributed by atoms with E-state index in [1.807, 2.05) is 11.8 Å². The molecule has 114 valence electrons. The molecule has 2 saturated heterocycles. The molecule has 0 aromatic rings. The van der Waals surface area contributed by atoms with Gasteiger partial charge >= 0.3 is 5.97 Å². The van der Waals surface area contributed by atoms with Crippen molar-refractivity contribution in [2.24, 2.45) is 5.41 Å². The van der Waals surface area contributed by atoms with E-state index in [1.54, 1.807) is 0 Å². The molecule has 0 aromatic heterocycles. The largest absolute Gasteiger partial charge is 0.481 e. The van der Waals surface area contributed by atoms with Gasteiger partial charge in [0.05, 0.1) is 17.9 Å². The van der Waals surface area contributed by atoms with Crippen molar-refractivity contribution >= 4 is 11.9 Å². The Bertz CT molecular complexity index is 355. The number of likely N-dealkylation sites (tertiary alicyclic amines) is 1. The number of carbonyl (C=O) groups excluding carboxylic acids is 1. The molecule has 0 saturated carbocycles. The number of carbonyl (C=O) groups is 2. The van der Waals surface area contributed by atoms with Crippen molar-refractivity contribution in [1.29, 1.82) is 0 Å². The Morgan fingerprint density at radius 2 is 2.05 bits per heavy atom. The summed E-state index contributed by atoms with van der Waals surface area (Å²) < 4.78 is 5.49. The normalized spacial score (nSPS) is 25.6. The lowest BCUT2D eigenvalue weighted by molar-refractivity contribution is -0.155. The number of carboxylic acids is 1. The zero-order chi connectivity index (χ0) is 14.6. The molecule has 1 N–H and O–H groups in total. The fourth-order valence-electron chi connectivity index (χ4n) is 3.36. The molecule has 1 amide bonds. The summed E-state index contributed by atoms with van der Waals surface area (Å²) in [6.45, 7) is 3.91. The maximum atomic E-state index is 12.2. The van der Waals surface area contributed by atoms with Gasteiger partial charge in [-0.15, -0.1) is 0 Å². The van der Waals surface area contributed by atoms with Gasteiger partial charge in [0.1, 0.15) is 0 Å². The topological polar surface area (TPSA) is 66.8 Å². The highest BCUT2D eigenvalue weighted by molar-refractivity contribution is 5.78. The molecule has 0 aromatic carbocycles. The predicted octanol–water partition coefficient (Wildman–Crippen LogP) is 2.05. The molecule has 0 spiro atoms. The lowest BCUT2D eigenvalue weighted by atomic mass is 9.75. The molecule has 0 aliphatic carbocycles. The molecule has 1 atom stereocenters. The van der Waals surface area contributed by atoms with Gasteiger partial charge in [0.25, 0.3) is 0 Å². The number of ether oxygens (including phenoxy) is 1. The molecule has 2 rings (SSSR count). The third kappa shape index (κ3) is 3.32. The summed E-state index contributed by atoms with van der Waals surface area (Å²) in [6.07, 6.45) is 5.26. The SMILES string of the molecule is CCCC1(C(=O)O)CCN(C(=O)CC2CCCO2)CC1. The average Bonchev–Trinajstić information content (AvgIpc) is 2.92. The first-order chi connectivity index (χ1) is 9.57. The minimum Gasteiger partial charge on any atom is -0.481 e. The van der Waals surface area contributed by atoms with Crippen molar-refractivity contribution in [2.45, 2.75) is 58.0 Å². The van der Waals surface area contributed by atoms with Crippen LogP contribution in [0.2, 0.25) is 0 Å². The van der Waals surface area contributed by atoms with Crippen molar-refractivity contribution < 1.29 is 19.4 Å². The smallest absolute Gasteiger partial charge is 0.309 e. The summed E-state index contributed by atoms with van der Waals surface area (Å²) in [5.41, 5.74) is -0.616. The Kier molecular flexibility index (Phi) is 5.02. The van der Waals surface area contributed by atoms with Gasteiger partial charge in [-0.05, 0) is 32.1 Å². The fourth-order valence-corrected chi connectivity index (χ4v) is 3.36. The van der Waals surface area contributed by atoms with Crippen LogP contribution in [0.5, 0.6) is 0 Å². The minimum absolute atomic E-state index is 0.0734. The zero-order valence-corrected chi connectivity index (χ0v) is 12.3. The number of piperidine rings is 1. The summed E-state index contributed by atoms with van der Waals surface area (Å²) >= 11 is 0. The van der Waals surface area contributed by atoms with E-state index in [9.17, 15) is 14.7 Å². The molecule has 0 bridgehead atoms. The van der Waals surface area contributed by atoms with Gasteiger partial charge < -0.3 is 14.7 Å². The van der Waals surface area contributed by atoms with Crippen molar-refractivity contribution in [2.75, 3.05) is 19.7 Å². The number of rotatable bonds is 5. The first kappa shape index (κ1) is 15.3. The summed E-state index contributed by atoms with van der Waals surface area (Å²) in [5, 5.41) is 9.45. The Morgan fingerprint density at radius 3 is 2.55 bits per heavy atom. The summed E-state index contributed by atoms with van der Waals surface area (Å²) in [6, 6.07) is 0. The Labute approximate surface area is 120 Å². The number of hydrogen-bond donors (Lipinski definition) is 1. The summed E-state index contributed by atoms with van der Waals surface area (Å²) in [7, 11) is 0. The average molecular weight is 283 g/mol. The predicted molar refractivity (Wildman–Crippen MR) is 74.4 cm³/mol. The molecule has 2 fully saturated rings. The second-order valence-electron chi connectivity index (χ2n) is 6.06. The molecule has 5 nitrogen and oxygen atoms in total. The van der Waals surface area contributed by atoms with Crippen LogP contribution in [0.4, 0.5) is 0 Å². The van der Waals surface area contributed by atoms with Crippen molar-refractivity contribution in [3.05, 3.63) is 0 Å². The van der Waals surface area contributed by atoms with Crippen LogP contribution in [-0.2, 0) is 14.3 Å². The Morgan fingerprint density at radius 1 is 1.35 bits per heavy atom. The number of amides is 1. The molecule has 2 aliphatic heterocycles. The van der Waals surface area contributed by atoms with E-state index < -0.39 is 11.4 Å². The van der Waals surface area contributed by atoms with Crippen molar-refractivity contribution in [1.82, 2.24) is 4.90 Å². The monoisotopic (exact) mass is 283 g/mol. The van der Waals surface area contributed by atoms with Crippen LogP contribution in [0, 0.1) is 5.41 Å². The molecular weight excluding hydrogens is 258 g/mol. The maximum absolute atomic E-state index is 12.2. The fraction of sp³-hybridized carbons (Fsp3) is 0.867. The summed E-state index contributed by atoms with van der Waals surface area (Å²) in [4.78, 5) is 25.5. The Balaban J connectivity index is 1.86. The number of aliphatic carboxylic acids is 1. The standard InChI is InChI=1S/C15H25NO4/c1-2-5-15(14(18)19)6-8-16(9-7-15)13(17)11-12-4-3-10-20-12/h12H,2-11H2,1H3,(H,18,19). The van der Waals surface area contributed by atoms with Crippen LogP contribution < -0.4 is 0 Å². The van der Waals surface area contributed by atoms with E-state index in [0.717, 1.165) is 25.9 Å². The van der Waals surface area contributed by atoms with E-state index >= 15 is 0 Å². The van der Waals surface area contributed by atoms with E-state index in [4.69, 9.17) is 4.74 Å².